The van der Waals surface area contributed by atoms with Crippen LogP contribution in [0.2, 0.25) is 5.02 Å². The summed E-state index contributed by atoms with van der Waals surface area (Å²) in [5.74, 6) is -0.924. The third-order valence-corrected chi connectivity index (χ3v) is 3.32. The first-order chi connectivity index (χ1) is 10.1. The summed E-state index contributed by atoms with van der Waals surface area (Å²) in [4.78, 5) is 0. The average molecular weight is 307 g/mol. The van der Waals surface area contributed by atoms with Crippen molar-refractivity contribution in [2.24, 2.45) is 0 Å². The SMILES string of the molecule is Nc1noc(-c2cccc(Cl)c2F)c1-c1cccc(F)c1. The van der Waals surface area contributed by atoms with Crippen molar-refractivity contribution in [2.45, 2.75) is 0 Å². The Morgan fingerprint density at radius 2 is 1.86 bits per heavy atom. The second-order valence-corrected chi connectivity index (χ2v) is 4.79. The van der Waals surface area contributed by atoms with Crippen LogP contribution in [0.15, 0.2) is 47.0 Å². The summed E-state index contributed by atoms with van der Waals surface area (Å²) >= 11 is 5.77. The molecule has 1 heterocycles. The number of nitrogens with two attached hydrogens (primary N) is 1. The molecule has 2 aromatic carbocycles. The lowest BCUT2D eigenvalue weighted by Crippen LogP contribution is -1.91. The van der Waals surface area contributed by atoms with E-state index in [4.69, 9.17) is 21.9 Å². The van der Waals surface area contributed by atoms with Crippen molar-refractivity contribution in [1.29, 1.82) is 0 Å². The van der Waals surface area contributed by atoms with Crippen LogP contribution in [-0.2, 0) is 0 Å². The number of halogens is 3. The van der Waals surface area contributed by atoms with Crippen LogP contribution < -0.4 is 5.73 Å². The lowest BCUT2D eigenvalue weighted by atomic mass is 10.0. The van der Waals surface area contributed by atoms with E-state index in [9.17, 15) is 8.78 Å². The normalized spacial score (nSPS) is 10.8. The first kappa shape index (κ1) is 13.6. The maximum absolute atomic E-state index is 14.1. The zero-order valence-electron chi connectivity index (χ0n) is 10.6. The monoisotopic (exact) mass is 306 g/mol. The molecule has 0 saturated heterocycles. The van der Waals surface area contributed by atoms with Gasteiger partial charge in [-0.2, -0.15) is 0 Å². The van der Waals surface area contributed by atoms with Gasteiger partial charge in [-0.05, 0) is 29.8 Å². The standard InChI is InChI=1S/C15H9ClF2N2O/c16-11-6-2-5-10(13(11)18)14-12(15(19)20-21-14)8-3-1-4-9(17)7-8/h1-7H,(H2,19,20). The summed E-state index contributed by atoms with van der Waals surface area (Å²) in [5.41, 5.74) is 6.66. The maximum atomic E-state index is 14.1. The Hall–Kier alpha value is -2.40. The smallest absolute Gasteiger partial charge is 0.179 e. The van der Waals surface area contributed by atoms with Gasteiger partial charge in [-0.3, -0.25) is 0 Å². The van der Waals surface area contributed by atoms with E-state index >= 15 is 0 Å². The van der Waals surface area contributed by atoms with E-state index in [1.165, 1.54) is 30.3 Å². The molecule has 0 radical (unpaired) electrons. The fourth-order valence-corrected chi connectivity index (χ4v) is 2.26. The third kappa shape index (κ3) is 2.36. The molecule has 1 aromatic heterocycles. The van der Waals surface area contributed by atoms with E-state index in [0.717, 1.165) is 0 Å². The molecule has 0 bridgehead atoms. The average Bonchev–Trinajstić information content (AvgIpc) is 2.83. The predicted molar refractivity (Wildman–Crippen MR) is 76.7 cm³/mol. The fraction of sp³-hybridized carbons (Fsp3) is 0. The van der Waals surface area contributed by atoms with Gasteiger partial charge in [-0.25, -0.2) is 8.78 Å². The molecule has 6 heteroatoms. The van der Waals surface area contributed by atoms with Crippen LogP contribution in [0.3, 0.4) is 0 Å². The van der Waals surface area contributed by atoms with Gasteiger partial charge in [0.1, 0.15) is 5.82 Å². The number of nitrogens with zero attached hydrogens (tertiary/aromatic N) is 1. The highest BCUT2D eigenvalue weighted by Crippen LogP contribution is 2.38. The summed E-state index contributed by atoms with van der Waals surface area (Å²) in [7, 11) is 0. The van der Waals surface area contributed by atoms with E-state index in [2.05, 4.69) is 5.16 Å². The van der Waals surface area contributed by atoms with E-state index in [-0.39, 0.29) is 22.2 Å². The Bertz CT molecular complexity index is 817. The molecule has 21 heavy (non-hydrogen) atoms. The van der Waals surface area contributed by atoms with Crippen molar-refractivity contribution in [3.05, 3.63) is 59.1 Å². The molecule has 0 fully saturated rings. The summed E-state index contributed by atoms with van der Waals surface area (Å²) in [6.07, 6.45) is 0. The number of rotatable bonds is 2. The fourth-order valence-electron chi connectivity index (χ4n) is 2.09. The number of hydrogen-bond donors (Lipinski definition) is 1. The van der Waals surface area contributed by atoms with Crippen LogP contribution >= 0.6 is 11.6 Å². The van der Waals surface area contributed by atoms with Gasteiger partial charge in [0.25, 0.3) is 0 Å². The molecule has 0 amide bonds. The van der Waals surface area contributed by atoms with Gasteiger partial charge in [0.15, 0.2) is 17.4 Å². The molecule has 0 aliphatic carbocycles. The van der Waals surface area contributed by atoms with Gasteiger partial charge in [0.2, 0.25) is 0 Å². The number of anilines is 1. The van der Waals surface area contributed by atoms with Crippen LogP contribution in [0.4, 0.5) is 14.6 Å². The van der Waals surface area contributed by atoms with E-state index in [1.54, 1.807) is 12.1 Å². The van der Waals surface area contributed by atoms with E-state index < -0.39 is 11.6 Å². The molecule has 0 aliphatic heterocycles. The summed E-state index contributed by atoms with van der Waals surface area (Å²) in [6, 6.07) is 10.2. The zero-order chi connectivity index (χ0) is 15.0. The van der Waals surface area contributed by atoms with Gasteiger partial charge in [-0.1, -0.05) is 35.0 Å². The molecule has 2 N–H and O–H groups in total. The van der Waals surface area contributed by atoms with Crippen molar-refractivity contribution < 1.29 is 13.3 Å². The van der Waals surface area contributed by atoms with Crippen molar-refractivity contribution in [2.75, 3.05) is 5.73 Å². The highest BCUT2D eigenvalue weighted by Gasteiger charge is 2.21. The molecular weight excluding hydrogens is 298 g/mol. The number of aromatic nitrogens is 1. The maximum Gasteiger partial charge on any atom is 0.179 e. The number of benzene rings is 2. The molecule has 3 aromatic rings. The van der Waals surface area contributed by atoms with E-state index in [1.807, 2.05) is 0 Å². The molecule has 3 rings (SSSR count). The second kappa shape index (κ2) is 5.18. The Morgan fingerprint density at radius 1 is 1.10 bits per heavy atom. The highest BCUT2D eigenvalue weighted by molar-refractivity contribution is 6.31. The second-order valence-electron chi connectivity index (χ2n) is 4.38. The first-order valence-corrected chi connectivity index (χ1v) is 6.41. The first-order valence-electron chi connectivity index (χ1n) is 6.03. The predicted octanol–water partition coefficient (Wildman–Crippen LogP) is 4.52. The quantitative estimate of drug-likeness (QED) is 0.757. The van der Waals surface area contributed by atoms with Crippen LogP contribution in [-0.4, -0.2) is 5.16 Å². The minimum absolute atomic E-state index is 0.0485. The minimum atomic E-state index is -0.645. The van der Waals surface area contributed by atoms with Crippen LogP contribution in [0.25, 0.3) is 22.5 Å². The summed E-state index contributed by atoms with van der Waals surface area (Å²) in [5, 5.41) is 3.59. The van der Waals surface area contributed by atoms with Crippen molar-refractivity contribution in [3.8, 4) is 22.5 Å². The van der Waals surface area contributed by atoms with Gasteiger partial charge >= 0.3 is 0 Å². The molecule has 106 valence electrons. The van der Waals surface area contributed by atoms with Gasteiger partial charge in [0, 0.05) is 0 Å². The molecular formula is C15H9ClF2N2O. The van der Waals surface area contributed by atoms with Crippen LogP contribution in [0.5, 0.6) is 0 Å². The largest absolute Gasteiger partial charge is 0.380 e. The van der Waals surface area contributed by atoms with E-state index in [0.29, 0.717) is 11.1 Å². The number of hydrogen-bond acceptors (Lipinski definition) is 3. The third-order valence-electron chi connectivity index (χ3n) is 3.03. The topological polar surface area (TPSA) is 52.0 Å². The Balaban J connectivity index is 2.24. The van der Waals surface area contributed by atoms with Crippen molar-refractivity contribution >= 4 is 17.4 Å². The van der Waals surface area contributed by atoms with Gasteiger partial charge in [0.05, 0.1) is 16.1 Å². The molecule has 0 atom stereocenters. The molecule has 3 nitrogen and oxygen atoms in total. The highest BCUT2D eigenvalue weighted by atomic mass is 35.5. The lowest BCUT2D eigenvalue weighted by Gasteiger charge is -2.05. The molecule has 0 unspecified atom stereocenters. The zero-order valence-corrected chi connectivity index (χ0v) is 11.4. The van der Waals surface area contributed by atoms with Crippen LogP contribution in [0, 0.1) is 11.6 Å². The van der Waals surface area contributed by atoms with Crippen molar-refractivity contribution in [1.82, 2.24) is 5.16 Å². The molecule has 0 spiro atoms. The summed E-state index contributed by atoms with van der Waals surface area (Å²) < 4.78 is 32.6. The lowest BCUT2D eigenvalue weighted by molar-refractivity contribution is 0.433. The summed E-state index contributed by atoms with van der Waals surface area (Å²) in [6.45, 7) is 0. The Labute approximate surface area is 123 Å². The van der Waals surface area contributed by atoms with Crippen molar-refractivity contribution in [3.63, 3.8) is 0 Å². The van der Waals surface area contributed by atoms with Gasteiger partial charge < -0.3 is 10.3 Å². The minimum Gasteiger partial charge on any atom is -0.380 e. The Morgan fingerprint density at radius 3 is 2.62 bits per heavy atom. The van der Waals surface area contributed by atoms with Gasteiger partial charge in [-0.15, -0.1) is 0 Å². The molecule has 0 saturated carbocycles. The molecule has 0 aliphatic rings. The number of nitrogen functional groups attached to an aromatic ring is 1. The Kier molecular flexibility index (Phi) is 3.35. The van der Waals surface area contributed by atoms with Crippen LogP contribution in [0.1, 0.15) is 0 Å².